The third-order valence-electron chi connectivity index (χ3n) is 6.91. The van der Waals surface area contributed by atoms with E-state index in [2.05, 4.69) is 42.4 Å². The van der Waals surface area contributed by atoms with Crippen LogP contribution in [0.4, 0.5) is 5.13 Å². The zero-order chi connectivity index (χ0) is 19.0. The highest BCUT2D eigenvalue weighted by Gasteiger charge is 2.53. The summed E-state index contributed by atoms with van der Waals surface area (Å²) in [4.78, 5) is 12.4. The van der Waals surface area contributed by atoms with Gasteiger partial charge in [-0.05, 0) is 88.9 Å². The summed E-state index contributed by atoms with van der Waals surface area (Å²) in [5.74, 6) is 3.17. The van der Waals surface area contributed by atoms with Crippen LogP contribution in [0, 0.1) is 23.7 Å². The summed E-state index contributed by atoms with van der Waals surface area (Å²) in [5, 5.41) is 13.8. The van der Waals surface area contributed by atoms with Gasteiger partial charge in [0, 0.05) is 11.8 Å². The Hall–Kier alpha value is -1.23. The van der Waals surface area contributed by atoms with Crippen molar-refractivity contribution in [3.8, 4) is 0 Å². The average molecular weight is 388 g/mol. The zero-order valence-corrected chi connectivity index (χ0v) is 17.8. The molecular formula is C22H33N3OS. The summed E-state index contributed by atoms with van der Waals surface area (Å²) in [7, 11) is 0. The highest BCUT2D eigenvalue weighted by atomic mass is 32.1. The van der Waals surface area contributed by atoms with Crippen LogP contribution >= 0.6 is 11.3 Å². The molecule has 0 aromatic carbocycles. The Kier molecular flexibility index (Phi) is 5.41. The van der Waals surface area contributed by atoms with Gasteiger partial charge in [-0.1, -0.05) is 29.9 Å². The molecule has 0 aliphatic heterocycles. The second-order valence-electron chi connectivity index (χ2n) is 9.83. The second kappa shape index (κ2) is 7.65. The van der Waals surface area contributed by atoms with Crippen molar-refractivity contribution in [2.45, 2.75) is 84.0 Å². The predicted molar refractivity (Wildman–Crippen MR) is 111 cm³/mol. The normalized spacial score (nSPS) is 32.3. The number of nitrogens with zero attached hydrogens (tertiary/aromatic N) is 2. The van der Waals surface area contributed by atoms with Crippen LogP contribution in [0.1, 0.15) is 83.6 Å². The third-order valence-corrected chi connectivity index (χ3v) is 7.99. The lowest BCUT2D eigenvalue weighted by Crippen LogP contribution is -2.48. The minimum absolute atomic E-state index is 0.0768. The number of hydrogen-bond donors (Lipinski definition) is 1. The summed E-state index contributed by atoms with van der Waals surface area (Å²) in [5.41, 5.74) is 1.62. The molecule has 27 heavy (non-hydrogen) atoms. The van der Waals surface area contributed by atoms with Crippen LogP contribution in [0.2, 0.25) is 0 Å². The third kappa shape index (κ3) is 4.28. The number of carbonyl (C=O) groups excluding carboxylic acids is 1. The van der Waals surface area contributed by atoms with Crippen molar-refractivity contribution in [1.29, 1.82) is 0 Å². The van der Waals surface area contributed by atoms with Crippen molar-refractivity contribution in [1.82, 2.24) is 10.2 Å². The molecule has 4 nitrogen and oxygen atoms in total. The molecule has 0 radical (unpaired) electrons. The first-order chi connectivity index (χ1) is 12.9. The number of hydrogen-bond acceptors (Lipinski definition) is 4. The Morgan fingerprint density at radius 2 is 1.81 bits per heavy atom. The molecule has 4 saturated carbocycles. The minimum atomic E-state index is 0.0768. The lowest BCUT2D eigenvalue weighted by atomic mass is 9.50. The Balaban J connectivity index is 1.33. The Bertz CT molecular complexity index is 684. The molecule has 5 rings (SSSR count). The van der Waals surface area contributed by atoms with E-state index in [4.69, 9.17) is 0 Å². The van der Waals surface area contributed by atoms with Gasteiger partial charge in [0.25, 0.3) is 0 Å². The quantitative estimate of drug-likeness (QED) is 0.609. The number of aromatic nitrogens is 2. The second-order valence-corrected chi connectivity index (χ2v) is 10.8. The first-order valence-electron chi connectivity index (χ1n) is 10.7. The standard InChI is InChI=1S/C22H33N3OS/c1-14(2)5-4-6-15(3)7-19(26)23-21-25-24-20(27-21)22-11-16-8-17(12-22)10-18(9-16)13-22/h5,15-18H,4,6-13H2,1-3H3,(H,23,25,26). The molecule has 4 bridgehead atoms. The fourth-order valence-corrected chi connectivity index (χ4v) is 7.08. The number of rotatable bonds is 7. The lowest BCUT2D eigenvalue weighted by molar-refractivity contribution is -0.117. The van der Waals surface area contributed by atoms with E-state index < -0.39 is 0 Å². The minimum Gasteiger partial charge on any atom is -0.301 e. The molecule has 0 saturated heterocycles. The van der Waals surface area contributed by atoms with E-state index in [1.807, 2.05) is 0 Å². The van der Waals surface area contributed by atoms with E-state index in [1.165, 1.54) is 49.1 Å². The average Bonchev–Trinajstić information content (AvgIpc) is 3.02. The summed E-state index contributed by atoms with van der Waals surface area (Å²) < 4.78 is 0. The lowest BCUT2D eigenvalue weighted by Gasteiger charge is -2.55. The van der Waals surface area contributed by atoms with E-state index >= 15 is 0 Å². The molecular weight excluding hydrogens is 354 g/mol. The first kappa shape index (κ1) is 19.1. The van der Waals surface area contributed by atoms with Gasteiger partial charge in [-0.25, -0.2) is 0 Å². The highest BCUT2D eigenvalue weighted by molar-refractivity contribution is 7.15. The van der Waals surface area contributed by atoms with Crippen LogP contribution < -0.4 is 5.32 Å². The van der Waals surface area contributed by atoms with Crippen molar-refractivity contribution in [2.75, 3.05) is 5.32 Å². The van der Waals surface area contributed by atoms with E-state index in [0.29, 0.717) is 17.5 Å². The van der Waals surface area contributed by atoms with Gasteiger partial charge in [-0.3, -0.25) is 4.79 Å². The number of amides is 1. The van der Waals surface area contributed by atoms with Gasteiger partial charge in [0.15, 0.2) is 0 Å². The molecule has 1 N–H and O–H groups in total. The number of carbonyl (C=O) groups is 1. The summed E-state index contributed by atoms with van der Waals surface area (Å²) >= 11 is 1.63. The van der Waals surface area contributed by atoms with Crippen LogP contribution in [-0.4, -0.2) is 16.1 Å². The van der Waals surface area contributed by atoms with Gasteiger partial charge in [0.2, 0.25) is 11.0 Å². The molecule has 4 fully saturated rings. The van der Waals surface area contributed by atoms with Crippen molar-refractivity contribution >= 4 is 22.4 Å². The Morgan fingerprint density at radius 1 is 1.19 bits per heavy atom. The smallest absolute Gasteiger partial charge is 0.226 e. The molecule has 1 amide bonds. The van der Waals surface area contributed by atoms with Crippen LogP contribution in [-0.2, 0) is 10.2 Å². The maximum Gasteiger partial charge on any atom is 0.226 e. The monoisotopic (exact) mass is 387 g/mol. The highest BCUT2D eigenvalue weighted by Crippen LogP contribution is 2.61. The van der Waals surface area contributed by atoms with Gasteiger partial charge in [0.1, 0.15) is 5.01 Å². The Labute approximate surface area is 167 Å². The van der Waals surface area contributed by atoms with E-state index in [0.717, 1.165) is 30.6 Å². The van der Waals surface area contributed by atoms with Crippen LogP contribution in [0.25, 0.3) is 0 Å². The number of anilines is 1. The van der Waals surface area contributed by atoms with Crippen molar-refractivity contribution < 1.29 is 4.79 Å². The topological polar surface area (TPSA) is 54.9 Å². The zero-order valence-electron chi connectivity index (χ0n) is 17.0. The van der Waals surface area contributed by atoms with E-state index in [1.54, 1.807) is 11.3 Å². The number of nitrogens with one attached hydrogen (secondary N) is 1. The van der Waals surface area contributed by atoms with Gasteiger partial charge in [-0.15, -0.1) is 10.2 Å². The molecule has 1 aromatic rings. The van der Waals surface area contributed by atoms with Crippen LogP contribution in [0.15, 0.2) is 11.6 Å². The Morgan fingerprint density at radius 3 is 2.41 bits per heavy atom. The molecule has 1 heterocycles. The molecule has 0 spiro atoms. The van der Waals surface area contributed by atoms with Gasteiger partial charge < -0.3 is 5.32 Å². The van der Waals surface area contributed by atoms with Gasteiger partial charge in [0.05, 0.1) is 0 Å². The largest absolute Gasteiger partial charge is 0.301 e. The summed E-state index contributed by atoms with van der Waals surface area (Å²) in [6, 6.07) is 0. The van der Waals surface area contributed by atoms with E-state index in [9.17, 15) is 4.79 Å². The SMILES string of the molecule is CC(C)=CCCC(C)CC(=O)Nc1nnc(C23CC4CC(CC(C4)C2)C3)s1. The van der Waals surface area contributed by atoms with Crippen molar-refractivity contribution in [3.05, 3.63) is 16.7 Å². The molecule has 5 heteroatoms. The molecule has 1 unspecified atom stereocenters. The summed E-state index contributed by atoms with van der Waals surface area (Å²) in [6.07, 6.45) is 13.1. The molecule has 4 aliphatic carbocycles. The fraction of sp³-hybridized carbons (Fsp3) is 0.773. The molecule has 4 aliphatic rings. The predicted octanol–water partition coefficient (Wildman–Crippen LogP) is 5.72. The molecule has 148 valence electrons. The maximum absolute atomic E-state index is 12.4. The van der Waals surface area contributed by atoms with Gasteiger partial charge in [-0.2, -0.15) is 0 Å². The van der Waals surface area contributed by atoms with Crippen LogP contribution in [0.3, 0.4) is 0 Å². The number of allylic oxidation sites excluding steroid dienone is 2. The molecule has 1 aromatic heterocycles. The summed E-state index contributed by atoms with van der Waals surface area (Å²) in [6.45, 7) is 6.39. The van der Waals surface area contributed by atoms with E-state index in [-0.39, 0.29) is 11.3 Å². The fourth-order valence-electron chi connectivity index (χ4n) is 6.11. The van der Waals surface area contributed by atoms with Crippen LogP contribution in [0.5, 0.6) is 0 Å². The van der Waals surface area contributed by atoms with Crippen molar-refractivity contribution in [2.24, 2.45) is 23.7 Å². The molecule has 1 atom stereocenters. The first-order valence-corrected chi connectivity index (χ1v) is 11.5. The maximum atomic E-state index is 12.4. The van der Waals surface area contributed by atoms with Crippen molar-refractivity contribution in [3.63, 3.8) is 0 Å². The van der Waals surface area contributed by atoms with Gasteiger partial charge >= 0.3 is 0 Å².